The molecule has 3 rings (SSSR count). The van der Waals surface area contributed by atoms with E-state index in [1.807, 2.05) is 0 Å². The number of amides is 1. The average Bonchev–Trinajstić information content (AvgIpc) is 2.62. The number of hydrogen-bond acceptors (Lipinski definition) is 7. The van der Waals surface area contributed by atoms with Crippen LogP contribution >= 0.6 is 0 Å². The third kappa shape index (κ3) is 3.97. The van der Waals surface area contributed by atoms with E-state index in [0.717, 1.165) is 31.9 Å². The molecule has 0 aliphatic carbocycles. The molecule has 3 N–H and O–H groups in total. The number of carbonyl (C=O) groups is 1. The van der Waals surface area contributed by atoms with Crippen LogP contribution in [0.3, 0.4) is 0 Å². The molecule has 8 nitrogen and oxygen atoms in total. The zero-order valence-electron chi connectivity index (χ0n) is 14.4. The Morgan fingerprint density at radius 3 is 2.48 bits per heavy atom. The van der Waals surface area contributed by atoms with Crippen LogP contribution in [0.15, 0.2) is 30.5 Å². The number of nitrogens with one attached hydrogen (secondary N) is 1. The van der Waals surface area contributed by atoms with E-state index < -0.39 is 0 Å². The van der Waals surface area contributed by atoms with Crippen LogP contribution in [0, 0.1) is 0 Å². The molecule has 25 heavy (non-hydrogen) atoms. The molecule has 0 saturated carbocycles. The smallest absolute Gasteiger partial charge is 0.260 e. The fourth-order valence-corrected chi connectivity index (χ4v) is 2.59. The molecule has 1 aliphatic heterocycles. The number of likely N-dealkylation sites (N-methyl/N-ethyl adjacent to an activating group) is 1. The summed E-state index contributed by atoms with van der Waals surface area (Å²) >= 11 is 0. The van der Waals surface area contributed by atoms with Crippen LogP contribution in [0.2, 0.25) is 0 Å². The zero-order valence-corrected chi connectivity index (χ0v) is 14.4. The van der Waals surface area contributed by atoms with Crippen molar-refractivity contribution in [2.75, 3.05) is 56.3 Å². The van der Waals surface area contributed by atoms with Gasteiger partial charge in [0.2, 0.25) is 5.95 Å². The van der Waals surface area contributed by atoms with Crippen molar-refractivity contribution < 1.29 is 9.53 Å². The first-order valence-electron chi connectivity index (χ1n) is 8.08. The number of piperazine rings is 1. The van der Waals surface area contributed by atoms with E-state index in [9.17, 15) is 4.79 Å². The zero-order chi connectivity index (χ0) is 17.8. The lowest BCUT2D eigenvalue weighted by Gasteiger charge is -2.32. The Balaban J connectivity index is 1.70. The highest BCUT2D eigenvalue weighted by Gasteiger charge is 2.19. The summed E-state index contributed by atoms with van der Waals surface area (Å²) in [5.41, 5.74) is 6.89. The summed E-state index contributed by atoms with van der Waals surface area (Å²) in [4.78, 5) is 25.3. The summed E-state index contributed by atoms with van der Waals surface area (Å²) in [5.74, 6) is 1.12. The first-order chi connectivity index (χ1) is 12.1. The van der Waals surface area contributed by atoms with Crippen LogP contribution in [0.4, 0.5) is 17.5 Å². The monoisotopic (exact) mass is 342 g/mol. The Labute approximate surface area is 146 Å². The number of nitrogen functional groups attached to an aromatic ring is 1. The molecule has 2 aromatic rings. The number of ether oxygens (including phenoxy) is 1. The number of nitrogens with zero attached hydrogens (tertiary/aromatic N) is 4. The van der Waals surface area contributed by atoms with Gasteiger partial charge in [0.15, 0.2) is 0 Å². The third-order valence-electron chi connectivity index (χ3n) is 4.18. The van der Waals surface area contributed by atoms with Crippen molar-refractivity contribution in [3.63, 3.8) is 0 Å². The molecule has 1 aliphatic rings. The molecule has 1 saturated heterocycles. The van der Waals surface area contributed by atoms with Gasteiger partial charge in [-0.05, 0) is 31.3 Å². The first-order valence-corrected chi connectivity index (χ1v) is 8.08. The maximum atomic E-state index is 12.4. The van der Waals surface area contributed by atoms with Crippen LogP contribution < -0.4 is 20.7 Å². The Kier molecular flexibility index (Phi) is 4.99. The second-order valence-electron chi connectivity index (χ2n) is 5.94. The highest BCUT2D eigenvalue weighted by Crippen LogP contribution is 2.19. The topological polar surface area (TPSA) is 96.6 Å². The molecular weight excluding hydrogens is 320 g/mol. The SMILES string of the molecule is COc1ccc(NC(=O)c2cnc(N3CCN(C)CC3)nc2N)cc1. The Morgan fingerprint density at radius 1 is 1.20 bits per heavy atom. The van der Waals surface area contributed by atoms with Gasteiger partial charge in [-0.1, -0.05) is 0 Å². The molecule has 2 heterocycles. The number of aromatic nitrogens is 2. The fraction of sp³-hybridized carbons (Fsp3) is 0.353. The number of rotatable bonds is 4. The van der Waals surface area contributed by atoms with Gasteiger partial charge >= 0.3 is 0 Å². The molecular formula is C17H22N6O2. The fourth-order valence-electron chi connectivity index (χ4n) is 2.59. The van der Waals surface area contributed by atoms with E-state index in [1.54, 1.807) is 31.4 Å². The van der Waals surface area contributed by atoms with Crippen molar-refractivity contribution in [3.8, 4) is 5.75 Å². The molecule has 1 aromatic carbocycles. The largest absolute Gasteiger partial charge is 0.497 e. The van der Waals surface area contributed by atoms with E-state index in [2.05, 4.69) is 32.1 Å². The maximum Gasteiger partial charge on any atom is 0.260 e. The lowest BCUT2D eigenvalue weighted by atomic mass is 10.2. The van der Waals surface area contributed by atoms with Gasteiger partial charge in [-0.2, -0.15) is 4.98 Å². The van der Waals surface area contributed by atoms with E-state index >= 15 is 0 Å². The molecule has 1 fully saturated rings. The van der Waals surface area contributed by atoms with Gasteiger partial charge in [0.1, 0.15) is 17.1 Å². The van der Waals surface area contributed by atoms with Crippen molar-refractivity contribution >= 4 is 23.4 Å². The van der Waals surface area contributed by atoms with E-state index in [-0.39, 0.29) is 17.3 Å². The van der Waals surface area contributed by atoms with Crippen molar-refractivity contribution in [1.29, 1.82) is 0 Å². The highest BCUT2D eigenvalue weighted by molar-refractivity contribution is 6.07. The molecule has 132 valence electrons. The maximum absolute atomic E-state index is 12.4. The number of benzene rings is 1. The van der Waals surface area contributed by atoms with Crippen molar-refractivity contribution in [2.45, 2.75) is 0 Å². The lowest BCUT2D eigenvalue weighted by molar-refractivity contribution is 0.102. The predicted octanol–water partition coefficient (Wildman–Crippen LogP) is 1.07. The molecule has 0 atom stereocenters. The normalized spacial score (nSPS) is 15.0. The Hall–Kier alpha value is -2.87. The number of methoxy groups -OCH3 is 1. The van der Waals surface area contributed by atoms with Crippen LogP contribution in [-0.2, 0) is 0 Å². The summed E-state index contributed by atoms with van der Waals surface area (Å²) in [6.45, 7) is 3.58. The number of hydrogen-bond donors (Lipinski definition) is 2. The molecule has 0 spiro atoms. The lowest BCUT2D eigenvalue weighted by Crippen LogP contribution is -2.45. The summed E-state index contributed by atoms with van der Waals surface area (Å²) < 4.78 is 5.09. The van der Waals surface area contributed by atoms with Gasteiger partial charge in [-0.3, -0.25) is 4.79 Å². The van der Waals surface area contributed by atoms with Crippen LogP contribution in [0.5, 0.6) is 5.75 Å². The standard InChI is InChI=1S/C17H22N6O2/c1-22-7-9-23(10-8-22)17-19-11-14(15(18)21-17)16(24)20-12-3-5-13(25-2)6-4-12/h3-6,11H,7-10H2,1-2H3,(H,20,24)(H2,18,19,21). The van der Waals surface area contributed by atoms with Gasteiger partial charge in [0.25, 0.3) is 5.91 Å². The minimum atomic E-state index is -0.340. The van der Waals surface area contributed by atoms with Gasteiger partial charge < -0.3 is 25.6 Å². The van der Waals surface area contributed by atoms with E-state index in [0.29, 0.717) is 11.6 Å². The molecule has 0 bridgehead atoms. The van der Waals surface area contributed by atoms with Gasteiger partial charge in [-0.25, -0.2) is 4.98 Å². The molecule has 1 aromatic heterocycles. The third-order valence-corrected chi connectivity index (χ3v) is 4.18. The number of nitrogens with two attached hydrogens (primary N) is 1. The van der Waals surface area contributed by atoms with E-state index in [1.165, 1.54) is 6.20 Å². The summed E-state index contributed by atoms with van der Waals surface area (Å²) in [6.07, 6.45) is 1.48. The van der Waals surface area contributed by atoms with Gasteiger partial charge in [0.05, 0.1) is 7.11 Å². The van der Waals surface area contributed by atoms with E-state index in [4.69, 9.17) is 10.5 Å². The quantitative estimate of drug-likeness (QED) is 0.858. The molecule has 0 radical (unpaired) electrons. The van der Waals surface area contributed by atoms with Crippen molar-refractivity contribution in [2.24, 2.45) is 0 Å². The second kappa shape index (κ2) is 7.35. The summed E-state index contributed by atoms with van der Waals surface area (Å²) in [6, 6.07) is 7.05. The number of carbonyl (C=O) groups excluding carboxylic acids is 1. The molecule has 0 unspecified atom stereocenters. The van der Waals surface area contributed by atoms with Gasteiger partial charge in [-0.15, -0.1) is 0 Å². The van der Waals surface area contributed by atoms with Crippen LogP contribution in [0.25, 0.3) is 0 Å². The predicted molar refractivity (Wildman–Crippen MR) is 97.1 cm³/mol. The minimum absolute atomic E-state index is 0.176. The molecule has 1 amide bonds. The Morgan fingerprint density at radius 2 is 1.88 bits per heavy atom. The van der Waals surface area contributed by atoms with Crippen LogP contribution in [0.1, 0.15) is 10.4 Å². The Bertz CT molecular complexity index is 741. The minimum Gasteiger partial charge on any atom is -0.497 e. The highest BCUT2D eigenvalue weighted by atomic mass is 16.5. The van der Waals surface area contributed by atoms with Crippen molar-refractivity contribution in [3.05, 3.63) is 36.0 Å². The summed E-state index contributed by atoms with van der Waals surface area (Å²) in [5, 5.41) is 2.78. The molecule has 8 heteroatoms. The van der Waals surface area contributed by atoms with Crippen LogP contribution in [-0.4, -0.2) is 61.1 Å². The average molecular weight is 342 g/mol. The van der Waals surface area contributed by atoms with Gasteiger partial charge in [0, 0.05) is 38.1 Å². The first kappa shape index (κ1) is 17.0. The summed E-state index contributed by atoms with van der Waals surface area (Å²) in [7, 11) is 3.67. The second-order valence-corrected chi connectivity index (χ2v) is 5.94. The van der Waals surface area contributed by atoms with Crippen molar-refractivity contribution in [1.82, 2.24) is 14.9 Å². The number of anilines is 3.